The van der Waals surface area contributed by atoms with Gasteiger partial charge in [0.05, 0.1) is 5.69 Å². The molecule has 0 N–H and O–H groups in total. The van der Waals surface area contributed by atoms with E-state index in [1.165, 1.54) is 16.7 Å². The number of fused-ring (bicyclic) bond motifs is 1. The fourth-order valence-electron chi connectivity index (χ4n) is 3.04. The summed E-state index contributed by atoms with van der Waals surface area (Å²) >= 11 is 6.33. The minimum Gasteiger partial charge on any atom is -0.252 e. The summed E-state index contributed by atoms with van der Waals surface area (Å²) in [4.78, 5) is 4.89. The molecule has 0 unspecified atom stereocenters. The van der Waals surface area contributed by atoms with Crippen LogP contribution in [0.5, 0.6) is 0 Å². The van der Waals surface area contributed by atoms with E-state index >= 15 is 0 Å². The number of aromatic nitrogens is 1. The van der Waals surface area contributed by atoms with Crippen LogP contribution in [0, 0.1) is 19.3 Å². The van der Waals surface area contributed by atoms with Gasteiger partial charge >= 0.3 is 0 Å². The Morgan fingerprint density at radius 2 is 1.91 bits per heavy atom. The Balaban J connectivity index is 2.07. The SMILES string of the molecule is C=C1c2ccc(-c3cc(C)c(C)c(Cl)c3)nc2CCC1(C)C. The Morgan fingerprint density at radius 3 is 2.59 bits per heavy atom. The van der Waals surface area contributed by atoms with Gasteiger partial charge in [-0.3, -0.25) is 4.98 Å². The Hall–Kier alpha value is -1.60. The van der Waals surface area contributed by atoms with E-state index in [2.05, 4.69) is 45.5 Å². The molecule has 2 aromatic rings. The van der Waals surface area contributed by atoms with Crippen LogP contribution in [-0.4, -0.2) is 4.98 Å². The highest BCUT2D eigenvalue weighted by molar-refractivity contribution is 6.31. The predicted molar refractivity (Wildman–Crippen MR) is 95.3 cm³/mol. The second-order valence-corrected chi connectivity index (χ2v) is 7.36. The number of nitrogens with zero attached hydrogens (tertiary/aromatic N) is 1. The van der Waals surface area contributed by atoms with Crippen molar-refractivity contribution in [1.29, 1.82) is 0 Å². The van der Waals surface area contributed by atoms with Crippen molar-refractivity contribution in [1.82, 2.24) is 4.98 Å². The maximum Gasteiger partial charge on any atom is 0.0706 e. The standard InChI is InChI=1S/C20H22ClN/c1-12-10-15(11-17(21)13(12)2)18-7-6-16-14(3)20(4,5)9-8-19(16)22-18/h6-7,10-11H,3,8-9H2,1-2,4-5H3. The average molecular weight is 312 g/mol. The third kappa shape index (κ3) is 2.48. The van der Waals surface area contributed by atoms with Gasteiger partial charge in [-0.15, -0.1) is 0 Å². The van der Waals surface area contributed by atoms with Crippen LogP contribution in [0.2, 0.25) is 5.02 Å². The minimum absolute atomic E-state index is 0.167. The fraction of sp³-hybridized carbons (Fsp3) is 0.350. The molecule has 1 aliphatic rings. The smallest absolute Gasteiger partial charge is 0.0706 e. The first-order chi connectivity index (χ1) is 10.3. The van der Waals surface area contributed by atoms with Crippen LogP contribution in [0.15, 0.2) is 30.8 Å². The molecule has 0 saturated heterocycles. The van der Waals surface area contributed by atoms with Gasteiger partial charge in [-0.1, -0.05) is 38.1 Å². The number of aryl methyl sites for hydroxylation is 2. The van der Waals surface area contributed by atoms with Gasteiger partial charge in [-0.05, 0) is 72.6 Å². The Bertz CT molecular complexity index is 748. The van der Waals surface area contributed by atoms with Crippen LogP contribution in [0.25, 0.3) is 16.8 Å². The number of hydrogen-bond acceptors (Lipinski definition) is 1. The van der Waals surface area contributed by atoms with E-state index in [1.807, 2.05) is 13.0 Å². The Morgan fingerprint density at radius 1 is 1.18 bits per heavy atom. The van der Waals surface area contributed by atoms with Crippen molar-refractivity contribution in [3.8, 4) is 11.3 Å². The van der Waals surface area contributed by atoms with Crippen molar-refractivity contribution >= 4 is 17.2 Å². The van der Waals surface area contributed by atoms with E-state index in [1.54, 1.807) is 0 Å². The highest BCUT2D eigenvalue weighted by Gasteiger charge is 2.29. The second-order valence-electron chi connectivity index (χ2n) is 6.95. The summed E-state index contributed by atoms with van der Waals surface area (Å²) in [6, 6.07) is 8.44. The number of halogens is 1. The monoisotopic (exact) mass is 311 g/mol. The van der Waals surface area contributed by atoms with Crippen LogP contribution in [-0.2, 0) is 6.42 Å². The molecule has 1 aromatic carbocycles. The highest BCUT2D eigenvalue weighted by atomic mass is 35.5. The molecule has 1 aromatic heterocycles. The second kappa shape index (κ2) is 5.24. The third-order valence-electron chi connectivity index (χ3n) is 5.00. The molecule has 0 amide bonds. The topological polar surface area (TPSA) is 12.9 Å². The lowest BCUT2D eigenvalue weighted by molar-refractivity contribution is 0.440. The first-order valence-electron chi connectivity index (χ1n) is 7.76. The molecule has 114 valence electrons. The number of hydrogen-bond donors (Lipinski definition) is 0. The molecule has 0 atom stereocenters. The van der Waals surface area contributed by atoms with E-state index in [9.17, 15) is 0 Å². The van der Waals surface area contributed by atoms with Gasteiger partial charge in [-0.2, -0.15) is 0 Å². The molecule has 0 aliphatic heterocycles. The van der Waals surface area contributed by atoms with Crippen molar-refractivity contribution in [3.63, 3.8) is 0 Å². The normalized spacial score (nSPS) is 16.5. The minimum atomic E-state index is 0.167. The van der Waals surface area contributed by atoms with Crippen molar-refractivity contribution in [2.45, 2.75) is 40.5 Å². The van der Waals surface area contributed by atoms with E-state index in [0.717, 1.165) is 40.4 Å². The molecule has 0 saturated carbocycles. The molecule has 3 rings (SSSR count). The molecule has 0 spiro atoms. The van der Waals surface area contributed by atoms with Crippen LogP contribution in [0.3, 0.4) is 0 Å². The summed E-state index contributed by atoms with van der Waals surface area (Å²) < 4.78 is 0. The van der Waals surface area contributed by atoms with Crippen LogP contribution >= 0.6 is 11.6 Å². The lowest BCUT2D eigenvalue weighted by Crippen LogP contribution is -2.21. The van der Waals surface area contributed by atoms with E-state index in [0.29, 0.717) is 0 Å². The molecule has 0 fully saturated rings. The van der Waals surface area contributed by atoms with E-state index < -0.39 is 0 Å². The molecule has 1 aliphatic carbocycles. The van der Waals surface area contributed by atoms with Gasteiger partial charge in [0.25, 0.3) is 0 Å². The molecular weight excluding hydrogens is 290 g/mol. The Labute approximate surface area is 138 Å². The highest BCUT2D eigenvalue weighted by Crippen LogP contribution is 2.43. The van der Waals surface area contributed by atoms with E-state index in [4.69, 9.17) is 16.6 Å². The first kappa shape index (κ1) is 15.3. The summed E-state index contributed by atoms with van der Waals surface area (Å²) in [5.74, 6) is 0. The number of pyridine rings is 1. The van der Waals surface area contributed by atoms with Gasteiger partial charge in [0.2, 0.25) is 0 Å². The van der Waals surface area contributed by atoms with Gasteiger partial charge in [0.15, 0.2) is 0 Å². The Kier molecular flexibility index (Phi) is 3.65. The molecular formula is C20H22ClN. The maximum absolute atomic E-state index is 6.33. The van der Waals surface area contributed by atoms with Crippen LogP contribution in [0.1, 0.15) is 42.7 Å². The average Bonchev–Trinajstić information content (AvgIpc) is 2.48. The third-order valence-corrected chi connectivity index (χ3v) is 5.40. The largest absolute Gasteiger partial charge is 0.252 e. The first-order valence-corrected chi connectivity index (χ1v) is 8.14. The maximum atomic E-state index is 6.33. The van der Waals surface area contributed by atoms with Gasteiger partial charge in [0, 0.05) is 16.3 Å². The van der Waals surface area contributed by atoms with E-state index in [-0.39, 0.29) is 5.41 Å². The summed E-state index contributed by atoms with van der Waals surface area (Å²) in [6.07, 6.45) is 2.11. The summed E-state index contributed by atoms with van der Waals surface area (Å²) in [6.45, 7) is 12.9. The van der Waals surface area contributed by atoms with Gasteiger partial charge in [-0.25, -0.2) is 0 Å². The zero-order chi connectivity index (χ0) is 16.1. The zero-order valence-electron chi connectivity index (χ0n) is 13.8. The lowest BCUT2D eigenvalue weighted by atomic mass is 9.72. The summed E-state index contributed by atoms with van der Waals surface area (Å²) in [5.41, 5.74) is 8.17. The van der Waals surface area contributed by atoms with Gasteiger partial charge in [0.1, 0.15) is 0 Å². The molecule has 22 heavy (non-hydrogen) atoms. The van der Waals surface area contributed by atoms with Crippen LogP contribution in [0.4, 0.5) is 0 Å². The van der Waals surface area contributed by atoms with Crippen molar-refractivity contribution in [2.24, 2.45) is 5.41 Å². The van der Waals surface area contributed by atoms with Crippen LogP contribution < -0.4 is 0 Å². The number of benzene rings is 1. The zero-order valence-corrected chi connectivity index (χ0v) is 14.5. The number of allylic oxidation sites excluding steroid dienone is 1. The summed E-state index contributed by atoms with van der Waals surface area (Å²) in [5, 5.41) is 0.806. The lowest BCUT2D eigenvalue weighted by Gasteiger charge is -2.33. The molecule has 0 bridgehead atoms. The molecule has 0 radical (unpaired) electrons. The quantitative estimate of drug-likeness (QED) is 0.629. The fourth-order valence-corrected chi connectivity index (χ4v) is 3.30. The van der Waals surface area contributed by atoms with Crippen molar-refractivity contribution in [3.05, 3.63) is 58.3 Å². The number of rotatable bonds is 1. The molecule has 1 heterocycles. The predicted octanol–water partition coefficient (Wildman–Crippen LogP) is 6.00. The van der Waals surface area contributed by atoms with Crippen molar-refractivity contribution in [2.75, 3.05) is 0 Å². The molecule has 2 heteroatoms. The molecule has 1 nitrogen and oxygen atoms in total. The van der Waals surface area contributed by atoms with Gasteiger partial charge < -0.3 is 0 Å². The summed E-state index contributed by atoms with van der Waals surface area (Å²) in [7, 11) is 0. The van der Waals surface area contributed by atoms with Crippen molar-refractivity contribution < 1.29 is 0 Å².